The molecule has 1 aliphatic rings. The molecule has 3 aromatic rings. The Morgan fingerprint density at radius 1 is 1.02 bits per heavy atom. The fourth-order valence-electron chi connectivity index (χ4n) is 5.77. The van der Waals surface area contributed by atoms with Crippen molar-refractivity contribution in [3.8, 4) is 11.4 Å². The van der Waals surface area contributed by atoms with Gasteiger partial charge in [-0.1, -0.05) is 51.0 Å². The highest BCUT2D eigenvalue weighted by Crippen LogP contribution is 2.27. The number of imidazole rings is 1. The Bertz CT molecular complexity index is 1420. The van der Waals surface area contributed by atoms with E-state index in [1.165, 1.54) is 12.7 Å². The van der Waals surface area contributed by atoms with Crippen molar-refractivity contribution in [1.29, 1.82) is 0 Å². The fourth-order valence-corrected chi connectivity index (χ4v) is 5.77. The van der Waals surface area contributed by atoms with Crippen LogP contribution in [0.15, 0.2) is 48.7 Å². The Labute approximate surface area is 261 Å². The Hall–Kier alpha value is -3.98. The lowest BCUT2D eigenvalue weighted by Gasteiger charge is -2.31. The second-order valence-corrected chi connectivity index (χ2v) is 11.8. The number of aryl methyl sites for hydroxylation is 1. The molecule has 9 heteroatoms. The molecule has 2 aromatic carbocycles. The number of carbonyl (C=O) groups is 3. The van der Waals surface area contributed by atoms with Gasteiger partial charge in [0.2, 0.25) is 5.91 Å². The van der Waals surface area contributed by atoms with Crippen LogP contribution >= 0.6 is 0 Å². The first-order valence-electron chi connectivity index (χ1n) is 15.8. The number of unbranched alkanes of at least 4 members (excludes halogenated alkanes) is 2. The summed E-state index contributed by atoms with van der Waals surface area (Å²) in [7, 11) is 5.24. The second-order valence-electron chi connectivity index (χ2n) is 11.8. The van der Waals surface area contributed by atoms with Crippen LogP contribution in [-0.4, -0.2) is 89.3 Å². The molecule has 0 saturated carbocycles. The quantitative estimate of drug-likeness (QED) is 0.250. The van der Waals surface area contributed by atoms with Gasteiger partial charge in [-0.15, -0.1) is 0 Å². The highest BCUT2D eigenvalue weighted by Gasteiger charge is 2.28. The average Bonchev–Trinajstić information content (AvgIpc) is 3.52. The smallest absolute Gasteiger partial charge is 0.337 e. The first-order valence-corrected chi connectivity index (χ1v) is 15.8. The lowest BCUT2D eigenvalue weighted by Crippen LogP contribution is -2.47. The number of benzene rings is 2. The molecule has 236 valence electrons. The van der Waals surface area contributed by atoms with Crippen molar-refractivity contribution in [1.82, 2.24) is 24.7 Å². The highest BCUT2D eigenvalue weighted by molar-refractivity contribution is 6.03. The summed E-state index contributed by atoms with van der Waals surface area (Å²) in [5, 5.41) is 0. The van der Waals surface area contributed by atoms with Gasteiger partial charge in [0, 0.05) is 43.6 Å². The van der Waals surface area contributed by atoms with E-state index in [-0.39, 0.29) is 17.9 Å². The molecule has 0 fully saturated rings. The van der Waals surface area contributed by atoms with Crippen LogP contribution in [0.1, 0.15) is 83.5 Å². The minimum Gasteiger partial charge on any atom is -0.465 e. The maximum absolute atomic E-state index is 13.9. The number of methoxy groups -OCH3 is 1. The summed E-state index contributed by atoms with van der Waals surface area (Å²) in [6.45, 7) is 6.97. The van der Waals surface area contributed by atoms with Crippen molar-refractivity contribution in [2.75, 3.05) is 40.8 Å². The normalized spacial score (nSPS) is 13.5. The molecule has 4 rings (SSSR count). The Kier molecular flexibility index (Phi) is 11.7. The van der Waals surface area contributed by atoms with Gasteiger partial charge in [-0.3, -0.25) is 14.5 Å². The summed E-state index contributed by atoms with van der Waals surface area (Å²) in [5.41, 5.74) is 4.60. The standard InChI is InChI=1S/C35H47N5O4/c1-6-8-19-39(20-9-7-2)34(42)31(38(3)4)17-15-28-23-36-32(37-28)29-16-14-26(35(43)44-5)22-30(29)33(41)40-21-18-25-12-10-11-13-27(25)24-40/h10-14,16,22-23,31H,6-9,15,17-21,24H2,1-5H3,(H,36,37). The van der Waals surface area contributed by atoms with Gasteiger partial charge >= 0.3 is 5.97 Å². The van der Waals surface area contributed by atoms with Crippen LogP contribution < -0.4 is 0 Å². The van der Waals surface area contributed by atoms with Crippen molar-refractivity contribution in [2.45, 2.75) is 71.4 Å². The molecule has 1 aliphatic heterocycles. The van der Waals surface area contributed by atoms with Gasteiger partial charge in [0.1, 0.15) is 5.82 Å². The van der Waals surface area contributed by atoms with E-state index >= 15 is 0 Å². The monoisotopic (exact) mass is 601 g/mol. The van der Waals surface area contributed by atoms with Crippen molar-refractivity contribution in [3.05, 3.63) is 76.6 Å². The maximum atomic E-state index is 13.9. The predicted molar refractivity (Wildman–Crippen MR) is 172 cm³/mol. The molecule has 1 N–H and O–H groups in total. The number of hydrogen-bond donors (Lipinski definition) is 1. The lowest BCUT2D eigenvalue weighted by molar-refractivity contribution is -0.136. The zero-order valence-corrected chi connectivity index (χ0v) is 26.9. The number of rotatable bonds is 14. The molecule has 1 unspecified atom stereocenters. The molecular formula is C35H47N5O4. The van der Waals surface area contributed by atoms with E-state index < -0.39 is 5.97 Å². The molecule has 1 atom stereocenters. The number of likely N-dealkylation sites (N-methyl/N-ethyl adjacent to an activating group) is 1. The number of ether oxygens (including phenoxy) is 1. The minimum atomic E-state index is -0.499. The number of esters is 1. The summed E-state index contributed by atoms with van der Waals surface area (Å²) in [4.78, 5) is 53.8. The van der Waals surface area contributed by atoms with E-state index in [0.717, 1.165) is 56.5 Å². The van der Waals surface area contributed by atoms with Crippen LogP contribution in [0, 0.1) is 0 Å². The molecule has 9 nitrogen and oxygen atoms in total. The van der Waals surface area contributed by atoms with E-state index in [2.05, 4.69) is 35.9 Å². The van der Waals surface area contributed by atoms with Crippen LogP contribution in [0.4, 0.5) is 0 Å². The largest absolute Gasteiger partial charge is 0.465 e. The highest BCUT2D eigenvalue weighted by atomic mass is 16.5. The number of aromatic nitrogens is 2. The van der Waals surface area contributed by atoms with Gasteiger partial charge in [-0.2, -0.15) is 0 Å². The van der Waals surface area contributed by atoms with Gasteiger partial charge < -0.3 is 19.5 Å². The van der Waals surface area contributed by atoms with E-state index in [9.17, 15) is 14.4 Å². The molecular weight excluding hydrogens is 554 g/mol. The maximum Gasteiger partial charge on any atom is 0.337 e. The molecule has 0 saturated heterocycles. The summed E-state index contributed by atoms with van der Waals surface area (Å²) in [5.74, 6) is 0.0696. The predicted octanol–water partition coefficient (Wildman–Crippen LogP) is 5.35. The van der Waals surface area contributed by atoms with Gasteiger partial charge in [-0.25, -0.2) is 9.78 Å². The third-order valence-corrected chi connectivity index (χ3v) is 8.44. The van der Waals surface area contributed by atoms with E-state index in [4.69, 9.17) is 4.74 Å². The Balaban J connectivity index is 1.55. The SMILES string of the molecule is CCCCN(CCCC)C(=O)C(CCc1cnc(-c2ccc(C(=O)OC)cc2C(=O)N2CCc3ccccc3C2)[nH]1)N(C)C. The van der Waals surface area contributed by atoms with Gasteiger partial charge in [-0.05, 0) is 75.5 Å². The zero-order chi connectivity index (χ0) is 31.6. The number of nitrogens with zero attached hydrogens (tertiary/aromatic N) is 4. The summed E-state index contributed by atoms with van der Waals surface area (Å²) < 4.78 is 4.94. The second kappa shape index (κ2) is 15.7. The van der Waals surface area contributed by atoms with Crippen molar-refractivity contribution < 1.29 is 19.1 Å². The van der Waals surface area contributed by atoms with Crippen molar-refractivity contribution in [2.24, 2.45) is 0 Å². The molecule has 0 bridgehead atoms. The van der Waals surface area contributed by atoms with Crippen LogP contribution in [0.2, 0.25) is 0 Å². The molecule has 1 aromatic heterocycles. The summed E-state index contributed by atoms with van der Waals surface area (Å²) in [6, 6.07) is 12.9. The number of hydrogen-bond acceptors (Lipinski definition) is 6. The molecule has 2 heterocycles. The van der Waals surface area contributed by atoms with Crippen molar-refractivity contribution in [3.63, 3.8) is 0 Å². The van der Waals surface area contributed by atoms with E-state index in [1.54, 1.807) is 24.4 Å². The number of carbonyl (C=O) groups excluding carboxylic acids is 3. The van der Waals surface area contributed by atoms with E-state index in [0.29, 0.717) is 48.4 Å². The van der Waals surface area contributed by atoms with Gasteiger partial charge in [0.25, 0.3) is 5.91 Å². The molecule has 0 radical (unpaired) electrons. The average molecular weight is 602 g/mol. The zero-order valence-electron chi connectivity index (χ0n) is 26.9. The molecule has 2 amide bonds. The van der Waals surface area contributed by atoms with Crippen molar-refractivity contribution >= 4 is 17.8 Å². The fraction of sp³-hybridized carbons (Fsp3) is 0.486. The topological polar surface area (TPSA) is 98.8 Å². The third-order valence-electron chi connectivity index (χ3n) is 8.44. The Morgan fingerprint density at radius 2 is 1.73 bits per heavy atom. The Morgan fingerprint density at radius 3 is 2.39 bits per heavy atom. The summed E-state index contributed by atoms with van der Waals surface area (Å²) >= 11 is 0. The first kappa shape index (κ1) is 32.9. The molecule has 0 aliphatic carbocycles. The first-order chi connectivity index (χ1) is 21.3. The number of H-pyrrole nitrogens is 1. The lowest BCUT2D eigenvalue weighted by atomic mass is 9.97. The number of fused-ring (bicyclic) bond motifs is 1. The number of aromatic amines is 1. The van der Waals surface area contributed by atoms with Crippen LogP contribution in [0.5, 0.6) is 0 Å². The van der Waals surface area contributed by atoms with Crippen LogP contribution in [0.3, 0.4) is 0 Å². The van der Waals surface area contributed by atoms with Gasteiger partial charge in [0.05, 0.1) is 24.3 Å². The third kappa shape index (κ3) is 7.94. The minimum absolute atomic E-state index is 0.157. The molecule has 44 heavy (non-hydrogen) atoms. The number of nitrogens with one attached hydrogen (secondary N) is 1. The molecule has 0 spiro atoms. The summed E-state index contributed by atoms with van der Waals surface area (Å²) in [6.07, 6.45) is 7.92. The van der Waals surface area contributed by atoms with Crippen LogP contribution in [0.25, 0.3) is 11.4 Å². The van der Waals surface area contributed by atoms with E-state index in [1.807, 2.05) is 40.9 Å². The number of amides is 2. The van der Waals surface area contributed by atoms with Gasteiger partial charge in [0.15, 0.2) is 0 Å². The van der Waals surface area contributed by atoms with Crippen LogP contribution in [-0.2, 0) is 28.9 Å².